The first-order chi connectivity index (χ1) is 20.2. The molecular formula is C33H45N3O6. The summed E-state index contributed by atoms with van der Waals surface area (Å²) in [7, 11) is 0. The fourth-order valence-corrected chi connectivity index (χ4v) is 5.46. The van der Waals surface area contributed by atoms with Crippen LogP contribution in [0.1, 0.15) is 89.4 Å². The number of rotatable bonds is 13. The van der Waals surface area contributed by atoms with Gasteiger partial charge in [0.1, 0.15) is 11.4 Å². The summed E-state index contributed by atoms with van der Waals surface area (Å²) in [5, 5.41) is 9.02. The van der Waals surface area contributed by atoms with Crippen molar-refractivity contribution in [3.05, 3.63) is 65.7 Å². The van der Waals surface area contributed by atoms with Gasteiger partial charge in [0.05, 0.1) is 6.61 Å². The Balaban J connectivity index is 1.63. The van der Waals surface area contributed by atoms with Crippen LogP contribution in [0.5, 0.6) is 5.75 Å². The fraction of sp³-hybridized carbons (Fsp3) is 0.545. The standard InChI is InChI=1S/C33H45N3O6/c1-32(2,3)42-28(38)19-20-33(31(39)36-34-23-24-11-6-4-7-12-24)29(25-13-8-5-9-14-25)41-30(35-33)26-15-17-27(18-16-26)40-22-10-21-37/h5,8-9,13-18,24,29,34,37H,4,6-7,10-12,19-23H2,1-3H3,(H,36,39)/t29-,33-/m0/s1. The van der Waals surface area contributed by atoms with Crippen LogP contribution in [0.3, 0.4) is 0 Å². The molecule has 2 aromatic rings. The average Bonchev–Trinajstić information content (AvgIpc) is 3.38. The maximum atomic E-state index is 14.1. The highest BCUT2D eigenvalue weighted by Crippen LogP contribution is 2.43. The van der Waals surface area contributed by atoms with Crippen molar-refractivity contribution in [3.8, 4) is 5.75 Å². The van der Waals surface area contributed by atoms with Crippen molar-refractivity contribution in [1.29, 1.82) is 0 Å². The second kappa shape index (κ2) is 14.6. The van der Waals surface area contributed by atoms with Crippen LogP contribution in [0.4, 0.5) is 0 Å². The largest absolute Gasteiger partial charge is 0.494 e. The molecular weight excluding hydrogens is 534 g/mol. The van der Waals surface area contributed by atoms with Gasteiger partial charge in [-0.25, -0.2) is 10.4 Å². The molecule has 9 heteroatoms. The third-order valence-electron chi connectivity index (χ3n) is 7.58. The van der Waals surface area contributed by atoms with E-state index in [2.05, 4.69) is 10.9 Å². The van der Waals surface area contributed by atoms with E-state index < -0.39 is 23.2 Å². The SMILES string of the molecule is CC(C)(C)OC(=O)CC[C@]1(C(=O)NNCC2CCCCC2)N=C(c2ccc(OCCCO)cc2)O[C@H]1c1ccccc1. The van der Waals surface area contributed by atoms with Crippen LogP contribution >= 0.6 is 0 Å². The van der Waals surface area contributed by atoms with Gasteiger partial charge in [0.2, 0.25) is 5.90 Å². The molecule has 1 fully saturated rings. The number of amides is 1. The first kappa shape index (κ1) is 31.5. The molecule has 1 heterocycles. The summed E-state index contributed by atoms with van der Waals surface area (Å²) in [4.78, 5) is 31.9. The van der Waals surface area contributed by atoms with Gasteiger partial charge in [-0.2, -0.15) is 0 Å². The van der Waals surface area contributed by atoms with E-state index in [1.807, 2.05) is 75.4 Å². The van der Waals surface area contributed by atoms with Crippen molar-refractivity contribution in [2.45, 2.75) is 89.4 Å². The van der Waals surface area contributed by atoms with Crippen LogP contribution in [-0.2, 0) is 19.1 Å². The summed E-state index contributed by atoms with van der Waals surface area (Å²) >= 11 is 0. The number of esters is 1. The van der Waals surface area contributed by atoms with E-state index in [9.17, 15) is 9.59 Å². The smallest absolute Gasteiger partial charge is 0.306 e. The number of benzene rings is 2. The number of aliphatic imine (C=N–C) groups is 1. The molecule has 9 nitrogen and oxygen atoms in total. The first-order valence-corrected chi connectivity index (χ1v) is 15.1. The highest BCUT2D eigenvalue weighted by Gasteiger charge is 2.53. The van der Waals surface area contributed by atoms with Crippen LogP contribution in [0.25, 0.3) is 0 Å². The number of hydrogen-bond donors (Lipinski definition) is 3. The first-order valence-electron chi connectivity index (χ1n) is 15.1. The number of carbonyl (C=O) groups excluding carboxylic acids is 2. The highest BCUT2D eigenvalue weighted by molar-refractivity contribution is 6.01. The third-order valence-corrected chi connectivity index (χ3v) is 7.58. The second-order valence-electron chi connectivity index (χ2n) is 12.1. The lowest BCUT2D eigenvalue weighted by Gasteiger charge is -2.31. The minimum absolute atomic E-state index is 0.00553. The third kappa shape index (κ3) is 8.55. The monoisotopic (exact) mass is 579 g/mol. The minimum atomic E-state index is -1.41. The van der Waals surface area contributed by atoms with Crippen LogP contribution in [0, 0.1) is 5.92 Å². The van der Waals surface area contributed by atoms with Crippen molar-refractivity contribution >= 4 is 17.8 Å². The van der Waals surface area contributed by atoms with Crippen molar-refractivity contribution < 1.29 is 28.9 Å². The fourth-order valence-electron chi connectivity index (χ4n) is 5.46. The Morgan fingerprint density at radius 2 is 1.76 bits per heavy atom. The molecule has 3 N–H and O–H groups in total. The van der Waals surface area contributed by atoms with Gasteiger partial charge in [0.15, 0.2) is 11.6 Å². The van der Waals surface area contributed by atoms with E-state index in [0.717, 1.165) is 18.4 Å². The van der Waals surface area contributed by atoms with Crippen LogP contribution < -0.4 is 15.6 Å². The summed E-state index contributed by atoms with van der Waals surface area (Å²) in [6.45, 7) is 6.61. The van der Waals surface area contributed by atoms with Crippen molar-refractivity contribution in [2.75, 3.05) is 19.8 Å². The van der Waals surface area contributed by atoms with E-state index in [0.29, 0.717) is 42.7 Å². The molecule has 0 radical (unpaired) electrons. The predicted molar refractivity (Wildman–Crippen MR) is 161 cm³/mol. The lowest BCUT2D eigenvalue weighted by molar-refractivity contribution is -0.155. The van der Waals surface area contributed by atoms with Crippen LogP contribution in [0.15, 0.2) is 59.6 Å². The summed E-state index contributed by atoms with van der Waals surface area (Å²) in [6.07, 6.45) is 5.85. The topological polar surface area (TPSA) is 118 Å². The van der Waals surface area contributed by atoms with E-state index in [-0.39, 0.29) is 25.4 Å². The number of ether oxygens (including phenoxy) is 3. The second-order valence-corrected chi connectivity index (χ2v) is 12.1. The Morgan fingerprint density at radius 1 is 1.05 bits per heavy atom. The van der Waals surface area contributed by atoms with Crippen LogP contribution in [0.2, 0.25) is 0 Å². The number of hydrazine groups is 1. The molecule has 0 spiro atoms. The van der Waals surface area contributed by atoms with Gasteiger partial charge in [0, 0.05) is 31.6 Å². The van der Waals surface area contributed by atoms with E-state index >= 15 is 0 Å². The molecule has 0 aromatic heterocycles. The van der Waals surface area contributed by atoms with Gasteiger partial charge < -0.3 is 19.3 Å². The van der Waals surface area contributed by atoms with Crippen molar-refractivity contribution in [2.24, 2.45) is 10.9 Å². The normalized spacial score (nSPS) is 20.9. The average molecular weight is 580 g/mol. The zero-order valence-corrected chi connectivity index (χ0v) is 25.1. The number of aliphatic hydroxyl groups excluding tert-OH is 1. The molecule has 0 saturated heterocycles. The maximum Gasteiger partial charge on any atom is 0.306 e. The summed E-state index contributed by atoms with van der Waals surface area (Å²) < 4.78 is 17.7. The molecule has 4 rings (SSSR count). The Labute approximate surface area is 249 Å². The molecule has 1 amide bonds. The molecule has 0 bridgehead atoms. The van der Waals surface area contributed by atoms with Gasteiger partial charge in [-0.1, -0.05) is 49.6 Å². The molecule has 1 saturated carbocycles. The Bertz CT molecular complexity index is 1190. The maximum absolute atomic E-state index is 14.1. The van der Waals surface area contributed by atoms with Gasteiger partial charge in [-0.05, 0) is 75.8 Å². The van der Waals surface area contributed by atoms with Gasteiger partial charge in [-0.3, -0.25) is 15.0 Å². The Kier molecular flexibility index (Phi) is 11.0. The molecule has 2 aliphatic rings. The Morgan fingerprint density at radius 3 is 2.43 bits per heavy atom. The summed E-state index contributed by atoms with van der Waals surface area (Å²) in [5.74, 6) is 0.738. The predicted octanol–water partition coefficient (Wildman–Crippen LogP) is 5.03. The van der Waals surface area contributed by atoms with E-state index in [4.69, 9.17) is 24.3 Å². The van der Waals surface area contributed by atoms with Gasteiger partial charge in [-0.15, -0.1) is 0 Å². The highest BCUT2D eigenvalue weighted by atomic mass is 16.6. The molecule has 1 aliphatic carbocycles. The lowest BCUT2D eigenvalue weighted by Crippen LogP contribution is -2.53. The number of nitrogens with zero attached hydrogens (tertiary/aromatic N) is 1. The molecule has 228 valence electrons. The lowest BCUT2D eigenvalue weighted by atomic mass is 9.83. The molecule has 2 aromatic carbocycles. The quantitative estimate of drug-likeness (QED) is 0.173. The molecule has 0 unspecified atom stereocenters. The van der Waals surface area contributed by atoms with Gasteiger partial charge in [0.25, 0.3) is 5.91 Å². The van der Waals surface area contributed by atoms with Crippen LogP contribution in [-0.4, -0.2) is 53.8 Å². The summed E-state index contributed by atoms with van der Waals surface area (Å²) in [6, 6.07) is 16.8. The Hall–Kier alpha value is -3.43. The molecule has 2 atom stereocenters. The zero-order valence-electron chi connectivity index (χ0n) is 25.1. The van der Waals surface area contributed by atoms with Crippen molar-refractivity contribution in [1.82, 2.24) is 10.9 Å². The van der Waals surface area contributed by atoms with E-state index in [1.165, 1.54) is 19.3 Å². The number of aliphatic hydroxyl groups is 1. The summed E-state index contributed by atoms with van der Waals surface area (Å²) in [5.41, 5.74) is 5.51. The zero-order chi connectivity index (χ0) is 30.0. The van der Waals surface area contributed by atoms with Crippen molar-refractivity contribution in [3.63, 3.8) is 0 Å². The minimum Gasteiger partial charge on any atom is -0.494 e. The van der Waals surface area contributed by atoms with Gasteiger partial charge >= 0.3 is 5.97 Å². The molecule has 42 heavy (non-hydrogen) atoms. The number of hydrogen-bond acceptors (Lipinski definition) is 8. The number of nitrogens with one attached hydrogen (secondary N) is 2. The molecule has 1 aliphatic heterocycles. The van der Waals surface area contributed by atoms with E-state index in [1.54, 1.807) is 0 Å². The number of carbonyl (C=O) groups is 2.